The molecule has 0 fully saturated rings. The number of nitriles is 1. The zero-order valence-electron chi connectivity index (χ0n) is 16.5. The van der Waals surface area contributed by atoms with E-state index in [9.17, 15) is 14.9 Å². The first-order valence-corrected chi connectivity index (χ1v) is 9.31. The van der Waals surface area contributed by atoms with Gasteiger partial charge in [0, 0.05) is 25.0 Å². The largest absolute Gasteiger partial charge is 0.461 e. The Morgan fingerprint density at radius 3 is 2.79 bits per heavy atom. The first-order valence-electron chi connectivity index (χ1n) is 9.31. The molecule has 2 aliphatic rings. The standard InChI is InChI=1S/C20H24N4O4/c1-5-24-13(7-12(23-24)19(26)27-6-2)16-11(10-21)18(22)28-15-9-20(3,4)8-14(25)17(15)16/h7,16H,5-6,8-9,22H2,1-4H3. The van der Waals surface area contributed by atoms with Crippen LogP contribution in [0.1, 0.15) is 62.6 Å². The first kappa shape index (κ1) is 19.7. The fourth-order valence-corrected chi connectivity index (χ4v) is 3.80. The molecule has 1 aliphatic carbocycles. The highest BCUT2D eigenvalue weighted by atomic mass is 16.5. The number of carbonyl (C=O) groups is 2. The topological polar surface area (TPSA) is 120 Å². The van der Waals surface area contributed by atoms with Crippen molar-refractivity contribution in [2.24, 2.45) is 11.1 Å². The van der Waals surface area contributed by atoms with Crippen molar-refractivity contribution in [3.63, 3.8) is 0 Å². The van der Waals surface area contributed by atoms with Crippen molar-refractivity contribution in [2.45, 2.75) is 53.0 Å². The molecular formula is C20H24N4O4. The number of esters is 1. The van der Waals surface area contributed by atoms with Gasteiger partial charge in [-0.3, -0.25) is 9.48 Å². The summed E-state index contributed by atoms with van der Waals surface area (Å²) in [5, 5.41) is 14.0. The van der Waals surface area contributed by atoms with Crippen LogP contribution >= 0.6 is 0 Å². The van der Waals surface area contributed by atoms with E-state index in [0.29, 0.717) is 36.4 Å². The van der Waals surface area contributed by atoms with Crippen LogP contribution in [-0.4, -0.2) is 28.1 Å². The van der Waals surface area contributed by atoms with Crippen LogP contribution in [0.4, 0.5) is 0 Å². The van der Waals surface area contributed by atoms with Crippen molar-refractivity contribution in [2.75, 3.05) is 6.61 Å². The number of Topliss-reactive ketones (excluding diaryl/α,β-unsaturated/α-hetero) is 1. The van der Waals surface area contributed by atoms with Gasteiger partial charge in [-0.25, -0.2) is 4.79 Å². The predicted molar refractivity (Wildman–Crippen MR) is 99.6 cm³/mol. The Morgan fingerprint density at radius 1 is 1.46 bits per heavy atom. The van der Waals surface area contributed by atoms with Gasteiger partial charge in [-0.15, -0.1) is 0 Å². The Balaban J connectivity index is 2.18. The number of hydrogen-bond donors (Lipinski definition) is 1. The van der Waals surface area contributed by atoms with Crippen LogP contribution in [0.25, 0.3) is 0 Å². The van der Waals surface area contributed by atoms with E-state index in [2.05, 4.69) is 11.2 Å². The number of ether oxygens (including phenoxy) is 2. The fourth-order valence-electron chi connectivity index (χ4n) is 3.80. The second-order valence-electron chi connectivity index (χ2n) is 7.69. The second-order valence-corrected chi connectivity index (χ2v) is 7.69. The minimum atomic E-state index is -0.715. The first-order chi connectivity index (χ1) is 13.2. The Hall–Kier alpha value is -3.08. The Labute approximate surface area is 163 Å². The molecule has 1 aromatic rings. The molecule has 1 aromatic heterocycles. The van der Waals surface area contributed by atoms with Crippen molar-refractivity contribution < 1.29 is 19.1 Å². The molecule has 0 amide bonds. The summed E-state index contributed by atoms with van der Waals surface area (Å²) in [6.45, 7) is 8.23. The zero-order chi connectivity index (χ0) is 20.6. The average molecular weight is 384 g/mol. The Kier molecular flexibility index (Phi) is 5.02. The van der Waals surface area contributed by atoms with Crippen molar-refractivity contribution in [3.8, 4) is 6.07 Å². The van der Waals surface area contributed by atoms with Crippen LogP contribution in [0.3, 0.4) is 0 Å². The van der Waals surface area contributed by atoms with Crippen LogP contribution < -0.4 is 5.73 Å². The highest BCUT2D eigenvalue weighted by Gasteiger charge is 2.44. The molecule has 0 spiro atoms. The monoisotopic (exact) mass is 384 g/mol. The fraction of sp³-hybridized carbons (Fsp3) is 0.500. The molecule has 1 aliphatic heterocycles. The van der Waals surface area contributed by atoms with Gasteiger partial charge in [0.2, 0.25) is 5.88 Å². The van der Waals surface area contributed by atoms with Gasteiger partial charge in [0.05, 0.1) is 18.2 Å². The molecule has 0 radical (unpaired) electrons. The second kappa shape index (κ2) is 7.15. The van der Waals surface area contributed by atoms with Crippen molar-refractivity contribution in [1.29, 1.82) is 5.26 Å². The molecule has 28 heavy (non-hydrogen) atoms. The summed E-state index contributed by atoms with van der Waals surface area (Å²) in [6.07, 6.45) is 0.879. The number of nitrogens with zero attached hydrogens (tertiary/aromatic N) is 3. The van der Waals surface area contributed by atoms with Gasteiger partial charge >= 0.3 is 5.97 Å². The quantitative estimate of drug-likeness (QED) is 0.792. The zero-order valence-corrected chi connectivity index (χ0v) is 16.5. The molecule has 0 bridgehead atoms. The van der Waals surface area contributed by atoms with Crippen molar-refractivity contribution in [1.82, 2.24) is 9.78 Å². The number of aromatic nitrogens is 2. The molecule has 148 valence electrons. The third-order valence-electron chi connectivity index (χ3n) is 4.97. The minimum absolute atomic E-state index is 0.0155. The molecule has 8 nitrogen and oxygen atoms in total. The van der Waals surface area contributed by atoms with E-state index in [1.807, 2.05) is 20.8 Å². The van der Waals surface area contributed by atoms with Gasteiger partial charge in [-0.2, -0.15) is 10.4 Å². The lowest BCUT2D eigenvalue weighted by Gasteiger charge is -2.37. The number of hydrogen-bond acceptors (Lipinski definition) is 7. The third-order valence-corrected chi connectivity index (χ3v) is 4.97. The lowest BCUT2D eigenvalue weighted by molar-refractivity contribution is -0.119. The van der Waals surface area contributed by atoms with Gasteiger partial charge < -0.3 is 15.2 Å². The highest BCUT2D eigenvalue weighted by molar-refractivity contribution is 6.00. The molecule has 0 saturated carbocycles. The van der Waals surface area contributed by atoms with Crippen LogP contribution in [0.2, 0.25) is 0 Å². The molecule has 2 heterocycles. The van der Waals surface area contributed by atoms with E-state index < -0.39 is 11.9 Å². The smallest absolute Gasteiger partial charge is 0.358 e. The van der Waals surface area contributed by atoms with Gasteiger partial charge in [-0.05, 0) is 25.3 Å². The van der Waals surface area contributed by atoms with E-state index >= 15 is 0 Å². The normalized spacial score (nSPS) is 21.1. The lowest BCUT2D eigenvalue weighted by Crippen LogP contribution is -2.34. The number of carbonyl (C=O) groups excluding carboxylic acids is 2. The molecule has 1 atom stereocenters. The van der Waals surface area contributed by atoms with Gasteiger partial charge in [0.15, 0.2) is 11.5 Å². The third kappa shape index (κ3) is 3.28. The van der Waals surface area contributed by atoms with Crippen LogP contribution in [-0.2, 0) is 20.8 Å². The Bertz CT molecular complexity index is 946. The van der Waals surface area contributed by atoms with E-state index in [4.69, 9.17) is 15.2 Å². The van der Waals surface area contributed by atoms with E-state index in [1.165, 1.54) is 0 Å². The maximum Gasteiger partial charge on any atom is 0.358 e. The van der Waals surface area contributed by atoms with Crippen molar-refractivity contribution >= 4 is 11.8 Å². The summed E-state index contributed by atoms with van der Waals surface area (Å²) in [4.78, 5) is 25.2. The number of allylic oxidation sites excluding steroid dienone is 3. The summed E-state index contributed by atoms with van der Waals surface area (Å²) in [7, 11) is 0. The summed E-state index contributed by atoms with van der Waals surface area (Å²) < 4.78 is 12.3. The minimum Gasteiger partial charge on any atom is -0.461 e. The molecule has 1 unspecified atom stereocenters. The number of aryl methyl sites for hydroxylation is 1. The maximum absolute atomic E-state index is 13.0. The van der Waals surface area contributed by atoms with Gasteiger partial charge in [0.1, 0.15) is 17.4 Å². The van der Waals surface area contributed by atoms with Gasteiger partial charge in [-0.1, -0.05) is 13.8 Å². The number of ketones is 1. The molecule has 0 aromatic carbocycles. The number of rotatable bonds is 4. The maximum atomic E-state index is 13.0. The van der Waals surface area contributed by atoms with E-state index in [1.54, 1.807) is 17.7 Å². The van der Waals surface area contributed by atoms with E-state index in [0.717, 1.165) is 0 Å². The SMILES string of the molecule is CCOC(=O)c1cc(C2C(C#N)=C(N)OC3=C2C(=O)CC(C)(C)C3)n(CC)n1. The molecule has 8 heteroatoms. The Morgan fingerprint density at radius 2 is 2.18 bits per heavy atom. The summed E-state index contributed by atoms with van der Waals surface area (Å²) >= 11 is 0. The molecule has 3 rings (SSSR count). The molecular weight excluding hydrogens is 360 g/mol. The van der Waals surface area contributed by atoms with Gasteiger partial charge in [0.25, 0.3) is 0 Å². The van der Waals surface area contributed by atoms with Crippen LogP contribution in [0.5, 0.6) is 0 Å². The number of nitrogens with two attached hydrogens (primary N) is 1. The van der Waals surface area contributed by atoms with Crippen LogP contribution in [0.15, 0.2) is 28.9 Å². The molecule has 0 saturated heterocycles. The molecule has 2 N–H and O–H groups in total. The van der Waals surface area contributed by atoms with E-state index in [-0.39, 0.29) is 35.0 Å². The highest BCUT2D eigenvalue weighted by Crippen LogP contribution is 2.47. The predicted octanol–water partition coefficient (Wildman–Crippen LogP) is 2.53. The average Bonchev–Trinajstić information content (AvgIpc) is 3.03. The summed E-state index contributed by atoms with van der Waals surface area (Å²) in [5.41, 5.74) is 7.03. The van der Waals surface area contributed by atoms with Crippen molar-refractivity contribution in [3.05, 3.63) is 40.2 Å². The summed E-state index contributed by atoms with van der Waals surface area (Å²) in [5.74, 6) is -0.877. The summed E-state index contributed by atoms with van der Waals surface area (Å²) in [6, 6.07) is 3.65. The lowest BCUT2D eigenvalue weighted by atomic mass is 9.71. The van der Waals surface area contributed by atoms with Crippen LogP contribution in [0, 0.1) is 16.7 Å².